The zero-order chi connectivity index (χ0) is 16.2. The number of fused-ring (bicyclic) bond motifs is 2. The van der Waals surface area contributed by atoms with Gasteiger partial charge in [-0.05, 0) is 49.6 Å². The van der Waals surface area contributed by atoms with Crippen molar-refractivity contribution in [2.75, 3.05) is 18.0 Å². The summed E-state index contributed by atoms with van der Waals surface area (Å²) in [6.07, 6.45) is 2.04. The van der Waals surface area contributed by atoms with Crippen molar-refractivity contribution in [2.24, 2.45) is 0 Å². The summed E-state index contributed by atoms with van der Waals surface area (Å²) in [5.74, 6) is 0.0469. The van der Waals surface area contributed by atoms with E-state index >= 15 is 0 Å². The molecule has 3 nitrogen and oxygen atoms in total. The highest BCUT2D eigenvalue weighted by Gasteiger charge is 2.22. The Kier molecular flexibility index (Phi) is 4.91. The summed E-state index contributed by atoms with van der Waals surface area (Å²) in [5, 5.41) is 2.87. The Morgan fingerprint density at radius 1 is 1.09 bits per heavy atom. The number of rotatable bonds is 5. The summed E-state index contributed by atoms with van der Waals surface area (Å²) in [7, 11) is 0. The van der Waals surface area contributed by atoms with Crippen LogP contribution in [-0.2, 0) is 4.79 Å². The first kappa shape index (κ1) is 15.9. The van der Waals surface area contributed by atoms with Gasteiger partial charge in [-0.25, -0.2) is 0 Å². The SMILES string of the molecule is CC(=O)NCCCCN1c2ccccc2Sc2ccc(C)cc21. The molecule has 1 heterocycles. The first-order valence-corrected chi connectivity index (χ1v) is 8.86. The Balaban J connectivity index is 1.78. The first-order chi connectivity index (χ1) is 11.1. The fraction of sp³-hybridized carbons (Fsp3) is 0.316. The maximum Gasteiger partial charge on any atom is 0.216 e. The molecule has 23 heavy (non-hydrogen) atoms. The molecule has 0 bridgehead atoms. The van der Waals surface area contributed by atoms with Crippen LogP contribution >= 0.6 is 11.8 Å². The highest BCUT2D eigenvalue weighted by molar-refractivity contribution is 7.99. The monoisotopic (exact) mass is 326 g/mol. The molecule has 1 amide bonds. The summed E-state index contributed by atoms with van der Waals surface area (Å²) >= 11 is 1.84. The topological polar surface area (TPSA) is 32.3 Å². The van der Waals surface area contributed by atoms with Gasteiger partial charge in [-0.2, -0.15) is 0 Å². The normalized spacial score (nSPS) is 12.5. The number of para-hydroxylation sites is 1. The third kappa shape index (κ3) is 3.70. The van der Waals surface area contributed by atoms with Crippen LogP contribution in [0.2, 0.25) is 0 Å². The first-order valence-electron chi connectivity index (χ1n) is 8.04. The quantitative estimate of drug-likeness (QED) is 0.820. The number of aryl methyl sites for hydroxylation is 1. The van der Waals surface area contributed by atoms with Crippen LogP contribution in [0.15, 0.2) is 52.3 Å². The zero-order valence-electron chi connectivity index (χ0n) is 13.6. The van der Waals surface area contributed by atoms with Gasteiger partial charge in [-0.3, -0.25) is 4.79 Å². The van der Waals surface area contributed by atoms with Crippen LogP contribution in [0.3, 0.4) is 0 Å². The van der Waals surface area contributed by atoms with Crippen molar-refractivity contribution < 1.29 is 4.79 Å². The molecule has 120 valence electrons. The lowest BCUT2D eigenvalue weighted by Crippen LogP contribution is -2.24. The number of nitrogens with one attached hydrogen (secondary N) is 1. The number of amides is 1. The summed E-state index contributed by atoms with van der Waals surface area (Å²) < 4.78 is 0. The molecule has 1 aliphatic heterocycles. The summed E-state index contributed by atoms with van der Waals surface area (Å²) in [6.45, 7) is 5.42. The van der Waals surface area contributed by atoms with Gasteiger partial charge >= 0.3 is 0 Å². The van der Waals surface area contributed by atoms with Crippen molar-refractivity contribution in [1.29, 1.82) is 0 Å². The molecule has 3 rings (SSSR count). The number of carbonyl (C=O) groups is 1. The molecular formula is C19H22N2OS. The van der Waals surface area contributed by atoms with Gasteiger partial charge < -0.3 is 10.2 Å². The molecule has 2 aromatic rings. The average Bonchev–Trinajstić information content (AvgIpc) is 2.54. The van der Waals surface area contributed by atoms with E-state index in [0.29, 0.717) is 0 Å². The molecule has 0 aliphatic carbocycles. The van der Waals surface area contributed by atoms with E-state index < -0.39 is 0 Å². The van der Waals surface area contributed by atoms with Crippen LogP contribution in [0.5, 0.6) is 0 Å². The Bertz CT molecular complexity index is 714. The molecule has 0 spiro atoms. The predicted molar refractivity (Wildman–Crippen MR) is 96.7 cm³/mol. The van der Waals surface area contributed by atoms with Crippen LogP contribution in [0, 0.1) is 6.92 Å². The van der Waals surface area contributed by atoms with Gasteiger partial charge in [-0.15, -0.1) is 0 Å². The molecule has 2 aromatic carbocycles. The van der Waals surface area contributed by atoms with Crippen molar-refractivity contribution >= 4 is 29.0 Å². The third-order valence-electron chi connectivity index (χ3n) is 3.96. The summed E-state index contributed by atoms with van der Waals surface area (Å²) in [5.41, 5.74) is 3.87. The number of hydrogen-bond donors (Lipinski definition) is 1. The van der Waals surface area contributed by atoms with E-state index in [9.17, 15) is 4.79 Å². The second kappa shape index (κ2) is 7.09. The highest BCUT2D eigenvalue weighted by atomic mass is 32.2. The fourth-order valence-electron chi connectivity index (χ4n) is 2.84. The molecular weight excluding hydrogens is 304 g/mol. The predicted octanol–water partition coefficient (Wildman–Crippen LogP) is 4.51. The minimum absolute atomic E-state index is 0.0469. The van der Waals surface area contributed by atoms with Crippen LogP contribution < -0.4 is 10.2 Å². The number of benzene rings is 2. The van der Waals surface area contributed by atoms with Crippen molar-refractivity contribution in [3.63, 3.8) is 0 Å². The Hall–Kier alpha value is -1.94. The minimum Gasteiger partial charge on any atom is -0.356 e. The molecule has 0 fully saturated rings. The van der Waals surface area contributed by atoms with Crippen LogP contribution in [0.4, 0.5) is 11.4 Å². The van der Waals surface area contributed by atoms with Gasteiger partial charge in [0, 0.05) is 29.8 Å². The molecule has 0 saturated carbocycles. The van der Waals surface area contributed by atoms with E-state index in [1.165, 1.54) is 26.7 Å². The van der Waals surface area contributed by atoms with Gasteiger partial charge in [0.05, 0.1) is 11.4 Å². The summed E-state index contributed by atoms with van der Waals surface area (Å²) in [6, 6.07) is 15.2. The number of anilines is 2. The number of hydrogen-bond acceptors (Lipinski definition) is 3. The second-order valence-corrected chi connectivity index (χ2v) is 6.97. The van der Waals surface area contributed by atoms with Gasteiger partial charge in [0.25, 0.3) is 0 Å². The summed E-state index contributed by atoms with van der Waals surface area (Å²) in [4.78, 5) is 16.0. The van der Waals surface area contributed by atoms with Gasteiger partial charge in [0.2, 0.25) is 5.91 Å². The molecule has 0 saturated heterocycles. The average molecular weight is 326 g/mol. The van der Waals surface area contributed by atoms with E-state index in [0.717, 1.165) is 25.9 Å². The highest BCUT2D eigenvalue weighted by Crippen LogP contribution is 2.48. The lowest BCUT2D eigenvalue weighted by molar-refractivity contribution is -0.118. The third-order valence-corrected chi connectivity index (χ3v) is 5.09. The van der Waals surface area contributed by atoms with Gasteiger partial charge in [-0.1, -0.05) is 30.0 Å². The van der Waals surface area contributed by atoms with Gasteiger partial charge in [0.1, 0.15) is 0 Å². The number of nitrogens with zero attached hydrogens (tertiary/aromatic N) is 1. The van der Waals surface area contributed by atoms with E-state index in [4.69, 9.17) is 0 Å². The molecule has 1 aliphatic rings. The van der Waals surface area contributed by atoms with Crippen molar-refractivity contribution in [3.8, 4) is 0 Å². The standard InChI is InChI=1S/C19H22N2OS/c1-14-9-10-19-17(13-14)21(12-6-5-11-20-15(2)22)16-7-3-4-8-18(16)23-19/h3-4,7-10,13H,5-6,11-12H2,1-2H3,(H,20,22). The van der Waals surface area contributed by atoms with E-state index in [1.54, 1.807) is 6.92 Å². The lowest BCUT2D eigenvalue weighted by atomic mass is 10.1. The molecule has 0 radical (unpaired) electrons. The Morgan fingerprint density at radius 3 is 2.70 bits per heavy atom. The van der Waals surface area contributed by atoms with E-state index in [-0.39, 0.29) is 5.91 Å². The molecule has 1 N–H and O–H groups in total. The number of carbonyl (C=O) groups excluding carboxylic acids is 1. The largest absolute Gasteiger partial charge is 0.356 e. The molecule has 0 atom stereocenters. The maximum absolute atomic E-state index is 10.9. The maximum atomic E-state index is 10.9. The fourth-order valence-corrected chi connectivity index (χ4v) is 3.92. The molecule has 4 heteroatoms. The van der Waals surface area contributed by atoms with Crippen LogP contribution in [0.1, 0.15) is 25.3 Å². The molecule has 0 aromatic heterocycles. The number of unbranched alkanes of at least 4 members (excludes halogenated alkanes) is 1. The van der Waals surface area contributed by atoms with E-state index in [1.807, 2.05) is 11.8 Å². The second-order valence-electron chi connectivity index (χ2n) is 5.88. The van der Waals surface area contributed by atoms with Crippen molar-refractivity contribution in [3.05, 3.63) is 48.0 Å². The Labute approximate surface area is 142 Å². The van der Waals surface area contributed by atoms with Crippen molar-refractivity contribution in [2.45, 2.75) is 36.5 Å². The smallest absolute Gasteiger partial charge is 0.216 e. The van der Waals surface area contributed by atoms with Crippen LogP contribution in [0.25, 0.3) is 0 Å². The minimum atomic E-state index is 0.0469. The Morgan fingerprint density at radius 2 is 1.87 bits per heavy atom. The lowest BCUT2D eigenvalue weighted by Gasteiger charge is -2.33. The molecule has 0 unspecified atom stereocenters. The van der Waals surface area contributed by atoms with Crippen molar-refractivity contribution in [1.82, 2.24) is 5.32 Å². The zero-order valence-corrected chi connectivity index (χ0v) is 14.5. The van der Waals surface area contributed by atoms with Gasteiger partial charge in [0.15, 0.2) is 0 Å². The van der Waals surface area contributed by atoms with E-state index in [2.05, 4.69) is 59.6 Å². The van der Waals surface area contributed by atoms with Crippen LogP contribution in [-0.4, -0.2) is 19.0 Å².